The van der Waals surface area contributed by atoms with E-state index in [0.717, 1.165) is 14.3 Å². The van der Waals surface area contributed by atoms with Crippen molar-refractivity contribution in [3.8, 4) is 10.7 Å². The largest absolute Gasteiger partial charge is 0.480 e. The molecule has 0 saturated carbocycles. The van der Waals surface area contributed by atoms with E-state index in [2.05, 4.69) is 15.5 Å². The number of rotatable bonds is 3. The van der Waals surface area contributed by atoms with Crippen molar-refractivity contribution in [1.82, 2.24) is 20.2 Å². The Balaban J connectivity index is 2.09. The minimum atomic E-state index is -0.957. The van der Waals surface area contributed by atoms with E-state index < -0.39 is 12.0 Å². The van der Waals surface area contributed by atoms with Crippen LogP contribution in [0.1, 0.15) is 13.0 Å². The summed E-state index contributed by atoms with van der Waals surface area (Å²) in [5.74, 6) is -0.458. The number of tetrazole rings is 1. The van der Waals surface area contributed by atoms with Gasteiger partial charge in [-0.25, -0.2) is 9.48 Å². The molecule has 0 amide bonds. The third-order valence-electron chi connectivity index (χ3n) is 2.58. The van der Waals surface area contributed by atoms with Crippen molar-refractivity contribution in [3.63, 3.8) is 0 Å². The van der Waals surface area contributed by atoms with Crippen molar-refractivity contribution in [1.29, 1.82) is 0 Å². The molecule has 18 heavy (non-hydrogen) atoms. The topological polar surface area (TPSA) is 80.9 Å². The molecule has 6 nitrogen and oxygen atoms in total. The molecule has 0 spiro atoms. The van der Waals surface area contributed by atoms with Crippen molar-refractivity contribution in [2.45, 2.75) is 13.0 Å². The van der Waals surface area contributed by atoms with E-state index in [4.69, 9.17) is 5.11 Å². The Kier molecular flexibility index (Phi) is 2.60. The molecule has 3 rings (SSSR count). The molecule has 1 atom stereocenters. The second-order valence-corrected chi connectivity index (χ2v) is 5.75. The summed E-state index contributed by atoms with van der Waals surface area (Å²) >= 11 is 3.20. The van der Waals surface area contributed by atoms with E-state index in [0.29, 0.717) is 5.82 Å². The first-order chi connectivity index (χ1) is 8.66. The zero-order chi connectivity index (χ0) is 12.7. The van der Waals surface area contributed by atoms with Crippen LogP contribution in [-0.2, 0) is 4.79 Å². The van der Waals surface area contributed by atoms with Crippen LogP contribution in [0.2, 0.25) is 0 Å². The molecule has 1 N–H and O–H groups in total. The molecular formula is C10H8N4O2S2. The van der Waals surface area contributed by atoms with Gasteiger partial charge in [-0.1, -0.05) is 0 Å². The van der Waals surface area contributed by atoms with Crippen LogP contribution in [0, 0.1) is 0 Å². The molecule has 0 radical (unpaired) electrons. The average Bonchev–Trinajstić information content (AvgIpc) is 3.01. The Morgan fingerprint density at radius 1 is 1.50 bits per heavy atom. The van der Waals surface area contributed by atoms with E-state index in [9.17, 15) is 4.79 Å². The highest BCUT2D eigenvalue weighted by molar-refractivity contribution is 7.28. The van der Waals surface area contributed by atoms with Crippen molar-refractivity contribution in [2.75, 3.05) is 0 Å². The summed E-state index contributed by atoms with van der Waals surface area (Å²) in [5.41, 5.74) is 0. The number of aromatic nitrogens is 4. The molecular weight excluding hydrogens is 272 g/mol. The molecule has 3 aromatic rings. The Bertz CT molecular complexity index is 686. The number of carboxylic acid groups (broad SMARTS) is 1. The second kappa shape index (κ2) is 4.14. The number of carboxylic acids is 1. The maximum absolute atomic E-state index is 11.0. The first kappa shape index (κ1) is 11.3. The Morgan fingerprint density at radius 2 is 2.33 bits per heavy atom. The highest BCUT2D eigenvalue weighted by Gasteiger charge is 2.21. The number of carbonyl (C=O) groups is 1. The van der Waals surface area contributed by atoms with Crippen LogP contribution in [0.25, 0.3) is 20.1 Å². The van der Waals surface area contributed by atoms with Gasteiger partial charge in [0.25, 0.3) is 0 Å². The van der Waals surface area contributed by atoms with Gasteiger partial charge >= 0.3 is 5.97 Å². The summed E-state index contributed by atoms with van der Waals surface area (Å²) in [4.78, 5) is 11.9. The standard InChI is InChI=1S/C10H8N4O2S2/c1-5(10(15)16)14-9(11-12-13-14)8-4-7-6(18-8)2-3-17-7/h2-5H,1H3,(H,15,16). The Morgan fingerprint density at radius 3 is 3.06 bits per heavy atom. The molecule has 0 fully saturated rings. The number of aliphatic carboxylic acids is 1. The summed E-state index contributed by atoms with van der Waals surface area (Å²) in [6.45, 7) is 1.55. The van der Waals surface area contributed by atoms with Crippen LogP contribution >= 0.6 is 22.7 Å². The van der Waals surface area contributed by atoms with E-state index in [1.165, 1.54) is 4.68 Å². The van der Waals surface area contributed by atoms with Crippen LogP contribution in [-0.4, -0.2) is 31.3 Å². The highest BCUT2D eigenvalue weighted by Crippen LogP contribution is 2.35. The number of fused-ring (bicyclic) bond motifs is 1. The van der Waals surface area contributed by atoms with E-state index in [-0.39, 0.29) is 0 Å². The molecule has 0 aliphatic rings. The number of nitrogens with zero attached hydrogens (tertiary/aromatic N) is 4. The summed E-state index contributed by atoms with van der Waals surface area (Å²) in [6.07, 6.45) is 0. The fourth-order valence-electron chi connectivity index (χ4n) is 1.60. The molecule has 3 heterocycles. The molecule has 0 saturated heterocycles. The minimum absolute atomic E-state index is 0.498. The lowest BCUT2D eigenvalue weighted by Crippen LogP contribution is -2.17. The predicted molar refractivity (Wildman–Crippen MR) is 68.9 cm³/mol. The van der Waals surface area contributed by atoms with Gasteiger partial charge in [0.15, 0.2) is 11.9 Å². The lowest BCUT2D eigenvalue weighted by atomic mass is 10.3. The molecule has 0 aliphatic heterocycles. The SMILES string of the molecule is CC(C(=O)O)n1nnnc1-c1cc2sccc2s1. The van der Waals surface area contributed by atoms with Gasteiger partial charge in [0.05, 0.1) is 4.88 Å². The number of hydrogen-bond acceptors (Lipinski definition) is 6. The maximum atomic E-state index is 11.0. The van der Waals surface area contributed by atoms with Gasteiger partial charge in [-0.15, -0.1) is 27.8 Å². The van der Waals surface area contributed by atoms with Gasteiger partial charge in [-0.2, -0.15) is 0 Å². The van der Waals surface area contributed by atoms with Gasteiger partial charge in [0.2, 0.25) is 0 Å². The summed E-state index contributed by atoms with van der Waals surface area (Å²) in [5, 5.41) is 22.3. The van der Waals surface area contributed by atoms with Crippen LogP contribution in [0.15, 0.2) is 17.5 Å². The fraction of sp³-hybridized carbons (Fsp3) is 0.200. The third-order valence-corrected chi connectivity index (χ3v) is 4.67. The van der Waals surface area contributed by atoms with Crippen molar-refractivity contribution in [2.24, 2.45) is 0 Å². The van der Waals surface area contributed by atoms with Crippen LogP contribution in [0.5, 0.6) is 0 Å². The molecule has 0 aromatic carbocycles. The minimum Gasteiger partial charge on any atom is -0.480 e. The quantitative estimate of drug-likeness (QED) is 0.796. The first-order valence-electron chi connectivity index (χ1n) is 5.15. The summed E-state index contributed by atoms with van der Waals surface area (Å²) in [6, 6.07) is 3.24. The average molecular weight is 280 g/mol. The zero-order valence-electron chi connectivity index (χ0n) is 9.27. The number of thiophene rings is 2. The summed E-state index contributed by atoms with van der Waals surface area (Å²) in [7, 11) is 0. The highest BCUT2D eigenvalue weighted by atomic mass is 32.1. The molecule has 0 bridgehead atoms. The molecule has 92 valence electrons. The Labute approximate surface area is 109 Å². The van der Waals surface area contributed by atoms with Gasteiger partial charge in [-0.3, -0.25) is 0 Å². The van der Waals surface area contributed by atoms with Gasteiger partial charge in [-0.05, 0) is 34.9 Å². The van der Waals surface area contributed by atoms with Gasteiger partial charge in [0.1, 0.15) is 0 Å². The molecule has 3 aromatic heterocycles. The maximum Gasteiger partial charge on any atom is 0.328 e. The van der Waals surface area contributed by atoms with Crippen LogP contribution in [0.3, 0.4) is 0 Å². The Hall–Kier alpha value is -1.80. The lowest BCUT2D eigenvalue weighted by molar-refractivity contribution is -0.140. The third kappa shape index (κ3) is 1.70. The van der Waals surface area contributed by atoms with Crippen molar-refractivity contribution >= 4 is 38.0 Å². The molecule has 1 unspecified atom stereocenters. The van der Waals surface area contributed by atoms with Gasteiger partial charge < -0.3 is 5.11 Å². The molecule has 8 heteroatoms. The first-order valence-corrected chi connectivity index (χ1v) is 6.84. The normalized spacial score (nSPS) is 12.9. The molecule has 0 aliphatic carbocycles. The van der Waals surface area contributed by atoms with Crippen molar-refractivity contribution < 1.29 is 9.90 Å². The lowest BCUT2D eigenvalue weighted by Gasteiger charge is -2.06. The zero-order valence-corrected chi connectivity index (χ0v) is 10.9. The van der Waals surface area contributed by atoms with E-state index >= 15 is 0 Å². The second-order valence-electron chi connectivity index (χ2n) is 3.72. The van der Waals surface area contributed by atoms with Crippen LogP contribution < -0.4 is 0 Å². The predicted octanol–water partition coefficient (Wildman–Crippen LogP) is 2.26. The van der Waals surface area contributed by atoms with Crippen molar-refractivity contribution in [3.05, 3.63) is 17.5 Å². The van der Waals surface area contributed by atoms with Crippen LogP contribution in [0.4, 0.5) is 0 Å². The fourth-order valence-corrected chi connectivity index (χ4v) is 3.68. The van der Waals surface area contributed by atoms with Gasteiger partial charge in [0, 0.05) is 9.40 Å². The smallest absolute Gasteiger partial charge is 0.328 e. The monoisotopic (exact) mass is 280 g/mol. The van der Waals surface area contributed by atoms with E-state index in [1.807, 2.05) is 17.5 Å². The van der Waals surface area contributed by atoms with E-state index in [1.54, 1.807) is 29.6 Å². The summed E-state index contributed by atoms with van der Waals surface area (Å²) < 4.78 is 3.65. The number of hydrogen-bond donors (Lipinski definition) is 1.